The van der Waals surface area contributed by atoms with Crippen molar-refractivity contribution >= 4 is 27.6 Å². The Bertz CT molecular complexity index is 1390. The van der Waals surface area contributed by atoms with Crippen molar-refractivity contribution in [1.29, 1.82) is 0 Å². The molecule has 0 bridgehead atoms. The number of allylic oxidation sites excluding steroid dienone is 10. The van der Waals surface area contributed by atoms with Crippen LogP contribution in [0.4, 0.5) is 0 Å². The molecular weight excluding hydrogens is 838 g/mol. The van der Waals surface area contributed by atoms with E-state index in [0.29, 0.717) is 32.1 Å². The van der Waals surface area contributed by atoms with Crippen LogP contribution in [0.5, 0.6) is 0 Å². The molecule has 16 heteroatoms. The number of phosphoric acid groups is 2. The highest BCUT2D eigenvalue weighted by Crippen LogP contribution is 2.43. The van der Waals surface area contributed by atoms with Gasteiger partial charge in [-0.2, -0.15) is 0 Å². The third-order valence-corrected chi connectivity index (χ3v) is 10.6. The summed E-state index contributed by atoms with van der Waals surface area (Å²) < 4.78 is 47.7. The van der Waals surface area contributed by atoms with Gasteiger partial charge >= 0.3 is 27.6 Å². The van der Waals surface area contributed by atoms with Crippen LogP contribution in [0.1, 0.15) is 162 Å². The van der Waals surface area contributed by atoms with Gasteiger partial charge in [0.15, 0.2) is 6.10 Å². The maximum Gasteiger partial charge on any atom is 0.472 e. The van der Waals surface area contributed by atoms with Gasteiger partial charge < -0.3 is 34.4 Å². The molecule has 1 unspecified atom stereocenters. The van der Waals surface area contributed by atoms with Gasteiger partial charge in [-0.25, -0.2) is 9.13 Å². The van der Waals surface area contributed by atoms with Crippen molar-refractivity contribution < 1.29 is 66.7 Å². The van der Waals surface area contributed by atoms with Crippen LogP contribution in [0.3, 0.4) is 0 Å². The first kappa shape index (κ1) is 59.5. The van der Waals surface area contributed by atoms with Crippen molar-refractivity contribution in [1.82, 2.24) is 0 Å². The molecule has 0 aromatic carbocycles. The minimum absolute atomic E-state index is 0.0824. The van der Waals surface area contributed by atoms with Gasteiger partial charge in [0.05, 0.1) is 25.9 Å². The van der Waals surface area contributed by atoms with E-state index in [0.717, 1.165) is 64.2 Å². The summed E-state index contributed by atoms with van der Waals surface area (Å²) in [6.07, 6.45) is 42.0. The number of carbonyl (C=O) groups is 2. The number of esters is 2. The summed E-state index contributed by atoms with van der Waals surface area (Å²) in [4.78, 5) is 52.7. The molecule has 0 saturated carbocycles. The van der Waals surface area contributed by atoms with E-state index in [2.05, 4.69) is 53.3 Å². The molecule has 0 aliphatic rings. The van der Waals surface area contributed by atoms with E-state index >= 15 is 0 Å². The number of hydrogen-bond acceptors (Lipinski definition) is 11. The molecule has 62 heavy (non-hydrogen) atoms. The second-order valence-electron chi connectivity index (χ2n) is 15.2. The lowest BCUT2D eigenvalue weighted by Crippen LogP contribution is -2.30. The Hall–Kier alpha value is -2.48. The summed E-state index contributed by atoms with van der Waals surface area (Å²) in [7, 11) is -9.72. The Morgan fingerprint density at radius 2 is 1.03 bits per heavy atom. The molecule has 0 aliphatic heterocycles. The van der Waals surface area contributed by atoms with E-state index in [4.69, 9.17) is 23.8 Å². The van der Waals surface area contributed by atoms with Gasteiger partial charge in [0.2, 0.25) is 0 Å². The molecule has 0 aliphatic carbocycles. The van der Waals surface area contributed by atoms with Crippen molar-refractivity contribution in [2.75, 3.05) is 26.4 Å². The highest BCUT2D eigenvalue weighted by Gasteiger charge is 2.28. The van der Waals surface area contributed by atoms with Gasteiger partial charge in [-0.05, 0) is 77.0 Å². The molecule has 0 heterocycles. The highest BCUT2D eigenvalue weighted by molar-refractivity contribution is 7.47. The maximum atomic E-state index is 12.7. The number of aliphatic hydroxyl groups excluding tert-OH is 2. The van der Waals surface area contributed by atoms with Crippen molar-refractivity contribution in [2.24, 2.45) is 0 Å². The zero-order valence-corrected chi connectivity index (χ0v) is 39.3. The minimum atomic E-state index is -4.88. The molecule has 0 saturated heterocycles. The van der Waals surface area contributed by atoms with E-state index in [-0.39, 0.29) is 12.8 Å². The fourth-order valence-corrected chi connectivity index (χ4v) is 6.79. The maximum absolute atomic E-state index is 12.7. The van der Waals surface area contributed by atoms with E-state index in [1.54, 1.807) is 6.08 Å². The summed E-state index contributed by atoms with van der Waals surface area (Å²) in [5.41, 5.74) is 0. The van der Waals surface area contributed by atoms with Gasteiger partial charge in [0.25, 0.3) is 0 Å². The molecule has 4 atom stereocenters. The van der Waals surface area contributed by atoms with Gasteiger partial charge in [-0.1, -0.05) is 145 Å². The Kier molecular flexibility index (Phi) is 39.6. The van der Waals surface area contributed by atoms with E-state index < -0.39 is 72.3 Å². The van der Waals surface area contributed by atoms with Crippen LogP contribution in [0.25, 0.3) is 0 Å². The molecule has 0 aromatic rings. The molecule has 5 N–H and O–H groups in total. The zero-order chi connectivity index (χ0) is 46.0. The smallest absolute Gasteiger partial charge is 0.462 e. The normalized spacial score (nSPS) is 15.1. The average molecular weight is 919 g/mol. The minimum Gasteiger partial charge on any atom is -0.462 e. The molecule has 0 rings (SSSR count). The molecule has 14 nitrogen and oxygen atoms in total. The van der Waals surface area contributed by atoms with Crippen LogP contribution < -0.4 is 0 Å². The Morgan fingerprint density at radius 1 is 0.532 bits per heavy atom. The summed E-state index contributed by atoms with van der Waals surface area (Å²) in [6, 6.07) is 0. The lowest BCUT2D eigenvalue weighted by Gasteiger charge is -2.20. The molecule has 0 fully saturated rings. The number of aliphatic hydroxyl groups is 2. The third-order valence-electron chi connectivity index (χ3n) is 9.14. The molecule has 0 spiro atoms. The van der Waals surface area contributed by atoms with Crippen LogP contribution >= 0.6 is 15.6 Å². The standard InChI is InChI=1S/C46H80O14P2/c1-3-5-7-9-11-12-13-14-15-16-17-18-19-20-25-29-33-37-46(50)60-44(41-59-62(54,55)58-39-43(48)38-57-61(51,52)53)40-56-45(49)36-32-28-24-22-21-23-27-31-35-42(47)34-30-26-10-8-6-4-2/h11-12,14-15,22-24,26-27,30-31,35,42-44,47-48H,3-10,13,16-21,25,28-29,32-34,36-41H2,1-2H3,(H,54,55)(H2,51,52,53)/b12-11-,15-14-,24-22-,27-23-,30-26-,35-31+/t42-,43+,44-/m1/s1. The van der Waals surface area contributed by atoms with Crippen LogP contribution in [0.15, 0.2) is 72.9 Å². The van der Waals surface area contributed by atoms with E-state index in [1.807, 2.05) is 36.5 Å². The number of ether oxygens (including phenoxy) is 2. The molecule has 0 amide bonds. The molecular formula is C46H80O14P2. The first-order valence-corrected chi connectivity index (χ1v) is 25.8. The Balaban J connectivity index is 4.66. The topological polar surface area (TPSA) is 216 Å². The molecule has 358 valence electrons. The van der Waals surface area contributed by atoms with Crippen molar-refractivity contribution in [2.45, 2.75) is 180 Å². The van der Waals surface area contributed by atoms with Crippen LogP contribution in [-0.2, 0) is 41.8 Å². The van der Waals surface area contributed by atoms with E-state index in [9.17, 15) is 33.8 Å². The molecule has 0 radical (unpaired) electrons. The first-order chi connectivity index (χ1) is 29.8. The monoisotopic (exact) mass is 919 g/mol. The third kappa shape index (κ3) is 44.1. The number of unbranched alkanes of at least 4 members (excludes halogenated alkanes) is 14. The van der Waals surface area contributed by atoms with Crippen LogP contribution in [-0.4, -0.2) is 81.6 Å². The predicted octanol–water partition coefficient (Wildman–Crippen LogP) is 10.8. The summed E-state index contributed by atoms with van der Waals surface area (Å²) in [6.45, 7) is 1.54. The lowest BCUT2D eigenvalue weighted by atomic mass is 10.1. The van der Waals surface area contributed by atoms with E-state index in [1.165, 1.54) is 38.5 Å². The second kappa shape index (κ2) is 41.2. The Labute approximate surface area is 372 Å². The highest BCUT2D eigenvalue weighted by atomic mass is 31.2. The van der Waals surface area contributed by atoms with Crippen molar-refractivity contribution in [3.8, 4) is 0 Å². The van der Waals surface area contributed by atoms with Crippen molar-refractivity contribution in [3.05, 3.63) is 72.9 Å². The number of phosphoric ester groups is 2. The predicted molar refractivity (Wildman–Crippen MR) is 245 cm³/mol. The summed E-state index contributed by atoms with van der Waals surface area (Å²) in [5.74, 6) is -1.15. The summed E-state index contributed by atoms with van der Waals surface area (Å²) in [5, 5.41) is 19.8. The number of carbonyl (C=O) groups excluding carboxylic acids is 2. The van der Waals surface area contributed by atoms with Gasteiger partial charge in [0, 0.05) is 12.8 Å². The zero-order valence-electron chi connectivity index (χ0n) is 37.6. The summed E-state index contributed by atoms with van der Waals surface area (Å²) >= 11 is 0. The average Bonchev–Trinajstić information content (AvgIpc) is 3.23. The number of rotatable bonds is 42. The first-order valence-electron chi connectivity index (χ1n) is 22.7. The largest absolute Gasteiger partial charge is 0.472 e. The van der Waals surface area contributed by atoms with Crippen LogP contribution in [0, 0.1) is 0 Å². The number of hydrogen-bond donors (Lipinski definition) is 5. The van der Waals surface area contributed by atoms with Crippen LogP contribution in [0.2, 0.25) is 0 Å². The van der Waals surface area contributed by atoms with Crippen molar-refractivity contribution in [3.63, 3.8) is 0 Å². The lowest BCUT2D eigenvalue weighted by molar-refractivity contribution is -0.161. The van der Waals surface area contributed by atoms with Gasteiger partial charge in [0.1, 0.15) is 12.7 Å². The Morgan fingerprint density at radius 3 is 1.65 bits per heavy atom. The van der Waals surface area contributed by atoms with Gasteiger partial charge in [-0.3, -0.25) is 23.2 Å². The quantitative estimate of drug-likeness (QED) is 0.0127. The van der Waals surface area contributed by atoms with Gasteiger partial charge in [-0.15, -0.1) is 0 Å². The molecule has 0 aromatic heterocycles. The SMILES string of the molecule is CCCCC/C=C\C/C=C\CCCCCCCCCC(=O)O[C@H](COC(=O)CCC/C=C\C/C=C\C=C\[C@H](O)C/C=C\CCCCC)COP(=O)(O)OC[C@@H](O)COP(=O)(O)O. The fourth-order valence-electron chi connectivity index (χ4n) is 5.63. The second-order valence-corrected chi connectivity index (χ2v) is 17.9. The fraction of sp³-hybridized carbons (Fsp3) is 0.696.